The highest BCUT2D eigenvalue weighted by atomic mass is 32.1. The molecule has 0 spiro atoms. The van der Waals surface area contributed by atoms with E-state index in [1.54, 1.807) is 0 Å². The highest BCUT2D eigenvalue weighted by molar-refractivity contribution is 7.12. The average molecular weight is 489 g/mol. The number of hydrogen-bond acceptors (Lipinski definition) is 2. The van der Waals surface area contributed by atoms with Crippen molar-refractivity contribution in [2.75, 3.05) is 0 Å². The van der Waals surface area contributed by atoms with Gasteiger partial charge in [-0.2, -0.15) is 0 Å². The van der Waals surface area contributed by atoms with Gasteiger partial charge in [0.2, 0.25) is 0 Å². The third-order valence-corrected chi connectivity index (χ3v) is 8.35. The number of hydrogen-bond donors (Lipinski definition) is 0. The summed E-state index contributed by atoms with van der Waals surface area (Å²) in [5.74, 6) is -2.50. The number of fused-ring (bicyclic) bond motifs is 6. The largest absolute Gasteiger partial charge is 0.206 e. The fourth-order valence-corrected chi connectivity index (χ4v) is 7.05. The predicted octanol–water partition coefficient (Wildman–Crippen LogP) is 6.82. The number of thiophene rings is 2. The SMILES string of the molecule is Fc1cccc(F)c1C1=c2cc3c(cc2-c2ccsc21)=C(c1c(F)cccc1F)c1sccc1-3. The maximum atomic E-state index is 14.9. The Morgan fingerprint density at radius 1 is 0.471 bits per heavy atom. The lowest BCUT2D eigenvalue weighted by Gasteiger charge is -2.07. The Morgan fingerprint density at radius 3 is 1.24 bits per heavy atom. The van der Waals surface area contributed by atoms with Crippen molar-refractivity contribution in [2.24, 2.45) is 0 Å². The van der Waals surface area contributed by atoms with Crippen LogP contribution in [0.5, 0.6) is 0 Å². The zero-order valence-electron chi connectivity index (χ0n) is 17.3. The van der Waals surface area contributed by atoms with Gasteiger partial charge in [-0.1, -0.05) is 12.1 Å². The molecule has 2 heterocycles. The summed E-state index contributed by atoms with van der Waals surface area (Å²) in [5, 5.41) is 5.21. The Hall–Kier alpha value is -3.48. The van der Waals surface area contributed by atoms with E-state index in [4.69, 9.17) is 0 Å². The van der Waals surface area contributed by atoms with Crippen molar-refractivity contribution in [1.29, 1.82) is 0 Å². The molecule has 0 aliphatic heterocycles. The Labute approximate surface area is 199 Å². The zero-order chi connectivity index (χ0) is 23.1. The second-order valence-corrected chi connectivity index (χ2v) is 10.0. The molecule has 3 aromatic carbocycles. The van der Waals surface area contributed by atoms with Gasteiger partial charge in [0.05, 0.1) is 11.1 Å². The van der Waals surface area contributed by atoms with Gasteiger partial charge >= 0.3 is 0 Å². The van der Waals surface area contributed by atoms with Crippen LogP contribution in [-0.2, 0) is 0 Å². The second-order valence-electron chi connectivity index (χ2n) is 8.21. The first-order valence-corrected chi connectivity index (χ1v) is 12.3. The summed E-state index contributed by atoms with van der Waals surface area (Å²) in [6, 6.07) is 15.4. The van der Waals surface area contributed by atoms with Crippen molar-refractivity contribution in [3.8, 4) is 22.3 Å². The van der Waals surface area contributed by atoms with Crippen LogP contribution >= 0.6 is 22.7 Å². The van der Waals surface area contributed by atoms with Crippen molar-refractivity contribution in [3.05, 3.63) is 126 Å². The molecule has 2 aliphatic carbocycles. The van der Waals surface area contributed by atoms with Crippen molar-refractivity contribution in [2.45, 2.75) is 0 Å². The molecular weight excluding hydrogens is 476 g/mol. The maximum absolute atomic E-state index is 14.9. The topological polar surface area (TPSA) is 0 Å². The van der Waals surface area contributed by atoms with Gasteiger partial charge in [-0.15, -0.1) is 22.7 Å². The molecule has 0 unspecified atom stereocenters. The summed E-state index contributed by atoms with van der Waals surface area (Å²) in [6.07, 6.45) is 0. The van der Waals surface area contributed by atoms with Crippen LogP contribution in [0.4, 0.5) is 17.6 Å². The van der Waals surface area contributed by atoms with E-state index in [1.807, 2.05) is 35.0 Å². The number of benzene rings is 3. The summed E-state index contributed by atoms with van der Waals surface area (Å²) in [5.41, 5.74) is 4.25. The van der Waals surface area contributed by atoms with E-state index in [-0.39, 0.29) is 11.1 Å². The van der Waals surface area contributed by atoms with Gasteiger partial charge in [0, 0.05) is 32.0 Å². The molecule has 5 aromatic rings. The summed E-state index contributed by atoms with van der Waals surface area (Å²) in [4.78, 5) is 1.57. The molecular formula is C28H12F4S2. The van der Waals surface area contributed by atoms with Crippen LogP contribution in [-0.4, -0.2) is 0 Å². The van der Waals surface area contributed by atoms with Gasteiger partial charge in [0.25, 0.3) is 0 Å². The van der Waals surface area contributed by atoms with Crippen LogP contribution in [0, 0.1) is 23.3 Å². The molecule has 0 amide bonds. The standard InChI is InChI=1S/C28H12F4S2/c29-19-3-1-4-20(30)25(19)23-17-11-16-14-8-10-34-28(14)24(26-21(31)5-2-6-22(26)32)18(16)12-15(17)13-7-9-33-27(13)23/h1-12H. The third kappa shape index (κ3) is 2.52. The van der Waals surface area contributed by atoms with Crippen LogP contribution < -0.4 is 10.4 Å². The van der Waals surface area contributed by atoms with Crippen molar-refractivity contribution >= 4 is 33.8 Å². The van der Waals surface area contributed by atoms with E-state index in [1.165, 1.54) is 59.1 Å². The summed E-state index contributed by atoms with van der Waals surface area (Å²) < 4.78 is 59.6. The minimum atomic E-state index is -0.625. The van der Waals surface area contributed by atoms with Gasteiger partial charge in [-0.25, -0.2) is 17.6 Å². The van der Waals surface area contributed by atoms with E-state index in [9.17, 15) is 17.6 Å². The predicted molar refractivity (Wildman–Crippen MR) is 128 cm³/mol. The lowest BCUT2D eigenvalue weighted by Crippen LogP contribution is -2.16. The van der Waals surface area contributed by atoms with Crippen molar-refractivity contribution in [1.82, 2.24) is 0 Å². The van der Waals surface area contributed by atoms with E-state index in [0.717, 1.165) is 42.4 Å². The molecule has 0 saturated carbocycles. The lowest BCUT2D eigenvalue weighted by molar-refractivity contribution is 0.576. The Bertz CT molecular complexity index is 1630. The van der Waals surface area contributed by atoms with E-state index >= 15 is 0 Å². The van der Waals surface area contributed by atoms with Crippen molar-refractivity contribution < 1.29 is 17.6 Å². The molecule has 164 valence electrons. The van der Waals surface area contributed by atoms with E-state index in [0.29, 0.717) is 11.1 Å². The molecule has 0 bridgehead atoms. The molecule has 0 nitrogen and oxygen atoms in total. The van der Waals surface area contributed by atoms with Gasteiger partial charge in [0.15, 0.2) is 0 Å². The van der Waals surface area contributed by atoms with Gasteiger partial charge in [-0.3, -0.25) is 0 Å². The maximum Gasteiger partial charge on any atom is 0.134 e. The molecule has 0 saturated heterocycles. The summed E-state index contributed by atoms with van der Waals surface area (Å²) >= 11 is 2.84. The first-order valence-electron chi connectivity index (χ1n) is 10.5. The van der Waals surface area contributed by atoms with Crippen LogP contribution in [0.2, 0.25) is 0 Å². The van der Waals surface area contributed by atoms with Crippen LogP contribution in [0.25, 0.3) is 33.4 Å². The second kappa shape index (κ2) is 7.01. The van der Waals surface area contributed by atoms with Crippen LogP contribution in [0.1, 0.15) is 20.9 Å². The Kier molecular flexibility index (Phi) is 4.11. The first-order chi connectivity index (χ1) is 16.5. The summed E-state index contributed by atoms with van der Waals surface area (Å²) in [7, 11) is 0. The number of rotatable bonds is 2. The molecule has 0 atom stereocenters. The molecule has 2 aliphatic rings. The highest BCUT2D eigenvalue weighted by Gasteiger charge is 2.31. The van der Waals surface area contributed by atoms with Gasteiger partial charge < -0.3 is 0 Å². The zero-order valence-corrected chi connectivity index (χ0v) is 18.9. The van der Waals surface area contributed by atoms with Crippen LogP contribution in [0.3, 0.4) is 0 Å². The monoisotopic (exact) mass is 488 g/mol. The smallest absolute Gasteiger partial charge is 0.134 e. The fraction of sp³-hybridized carbons (Fsp3) is 0. The van der Waals surface area contributed by atoms with Gasteiger partial charge in [0.1, 0.15) is 23.3 Å². The first kappa shape index (κ1) is 19.9. The fourth-order valence-electron chi connectivity index (χ4n) is 5.10. The molecule has 0 fully saturated rings. The minimum absolute atomic E-state index is 0.0576. The Morgan fingerprint density at radius 2 is 0.853 bits per heavy atom. The van der Waals surface area contributed by atoms with Gasteiger partial charge in [-0.05, 0) is 80.9 Å². The molecule has 34 heavy (non-hydrogen) atoms. The Balaban J connectivity index is 1.66. The molecule has 2 aromatic heterocycles. The minimum Gasteiger partial charge on any atom is -0.206 e. The normalized spacial score (nSPS) is 13.2. The molecule has 7 rings (SSSR count). The molecule has 0 N–H and O–H groups in total. The quantitative estimate of drug-likeness (QED) is 0.234. The van der Waals surface area contributed by atoms with Crippen molar-refractivity contribution in [3.63, 3.8) is 0 Å². The average Bonchev–Trinajstić information content (AvgIpc) is 3.56. The molecule has 6 heteroatoms. The number of halogens is 4. The van der Waals surface area contributed by atoms with E-state index < -0.39 is 23.3 Å². The molecule has 0 radical (unpaired) electrons. The lowest BCUT2D eigenvalue weighted by atomic mass is 9.99. The third-order valence-electron chi connectivity index (χ3n) is 6.49. The van der Waals surface area contributed by atoms with Crippen LogP contribution in [0.15, 0.2) is 71.4 Å². The highest BCUT2D eigenvalue weighted by Crippen LogP contribution is 2.44. The summed E-state index contributed by atoms with van der Waals surface area (Å²) in [6.45, 7) is 0. The van der Waals surface area contributed by atoms with E-state index in [2.05, 4.69) is 0 Å².